The Kier molecular flexibility index (Phi) is 4.88. The van der Waals surface area contributed by atoms with Crippen molar-refractivity contribution in [3.8, 4) is 11.8 Å². The molecule has 0 aliphatic carbocycles. The molecule has 0 amide bonds. The number of rotatable bonds is 3. The van der Waals surface area contributed by atoms with Crippen molar-refractivity contribution in [3.63, 3.8) is 0 Å². The fourth-order valence-electron chi connectivity index (χ4n) is 1.92. The molecule has 1 heterocycles. The standard InChI is InChI=1S/C11H19NO/c1-2-3-8-12-9-5-4-6-11(12)7-10-13/h11,13H,4-10H2,1H3. The van der Waals surface area contributed by atoms with Crippen LogP contribution in [0.5, 0.6) is 0 Å². The summed E-state index contributed by atoms with van der Waals surface area (Å²) in [5.74, 6) is 6.02. The highest BCUT2D eigenvalue weighted by atomic mass is 16.3. The number of piperidine rings is 1. The maximum absolute atomic E-state index is 8.90. The van der Waals surface area contributed by atoms with Gasteiger partial charge in [-0.25, -0.2) is 0 Å². The first-order valence-corrected chi connectivity index (χ1v) is 5.13. The molecule has 1 atom stereocenters. The first-order valence-electron chi connectivity index (χ1n) is 5.13. The van der Waals surface area contributed by atoms with Crippen LogP contribution in [0.3, 0.4) is 0 Å². The largest absolute Gasteiger partial charge is 0.396 e. The molecule has 0 bridgehead atoms. The van der Waals surface area contributed by atoms with Crippen LogP contribution in [0, 0.1) is 11.8 Å². The van der Waals surface area contributed by atoms with Gasteiger partial charge >= 0.3 is 0 Å². The zero-order valence-electron chi connectivity index (χ0n) is 8.42. The Labute approximate surface area is 80.9 Å². The summed E-state index contributed by atoms with van der Waals surface area (Å²) in [7, 11) is 0. The fraction of sp³-hybridized carbons (Fsp3) is 0.818. The van der Waals surface area contributed by atoms with Gasteiger partial charge in [-0.3, -0.25) is 4.90 Å². The Morgan fingerprint density at radius 1 is 1.46 bits per heavy atom. The van der Waals surface area contributed by atoms with Gasteiger partial charge in [0.2, 0.25) is 0 Å². The highest BCUT2D eigenvalue weighted by molar-refractivity contribution is 4.99. The Hall–Kier alpha value is -0.520. The number of hydrogen-bond acceptors (Lipinski definition) is 2. The van der Waals surface area contributed by atoms with Gasteiger partial charge in [-0.15, -0.1) is 5.92 Å². The van der Waals surface area contributed by atoms with Crippen LogP contribution in [-0.2, 0) is 0 Å². The number of aliphatic hydroxyl groups excluding tert-OH is 1. The van der Waals surface area contributed by atoms with Gasteiger partial charge in [-0.2, -0.15) is 0 Å². The number of aliphatic hydroxyl groups is 1. The van der Waals surface area contributed by atoms with Gasteiger partial charge in [0.25, 0.3) is 0 Å². The SMILES string of the molecule is CC#CCN1CCCCC1CCO. The monoisotopic (exact) mass is 181 g/mol. The summed E-state index contributed by atoms with van der Waals surface area (Å²) >= 11 is 0. The molecule has 1 fully saturated rings. The summed E-state index contributed by atoms with van der Waals surface area (Å²) in [6, 6.07) is 0.569. The molecule has 0 aromatic carbocycles. The van der Waals surface area contributed by atoms with E-state index in [0.717, 1.165) is 19.5 Å². The lowest BCUT2D eigenvalue weighted by molar-refractivity contribution is 0.134. The highest BCUT2D eigenvalue weighted by Crippen LogP contribution is 2.18. The number of likely N-dealkylation sites (tertiary alicyclic amines) is 1. The van der Waals surface area contributed by atoms with Crippen molar-refractivity contribution in [1.29, 1.82) is 0 Å². The van der Waals surface area contributed by atoms with E-state index in [1.165, 1.54) is 19.3 Å². The van der Waals surface area contributed by atoms with Gasteiger partial charge in [-0.05, 0) is 32.7 Å². The van der Waals surface area contributed by atoms with E-state index in [2.05, 4.69) is 16.7 Å². The third-order valence-electron chi connectivity index (χ3n) is 2.67. The summed E-state index contributed by atoms with van der Waals surface area (Å²) < 4.78 is 0. The zero-order chi connectivity index (χ0) is 9.52. The lowest BCUT2D eigenvalue weighted by atomic mass is 10.00. The van der Waals surface area contributed by atoms with Gasteiger partial charge in [0.15, 0.2) is 0 Å². The summed E-state index contributed by atoms with van der Waals surface area (Å²) in [6.45, 7) is 4.21. The Morgan fingerprint density at radius 3 is 3.00 bits per heavy atom. The van der Waals surface area contributed by atoms with Crippen molar-refractivity contribution in [2.45, 2.75) is 38.6 Å². The second-order valence-electron chi connectivity index (χ2n) is 3.56. The quantitative estimate of drug-likeness (QED) is 0.662. The van der Waals surface area contributed by atoms with E-state index >= 15 is 0 Å². The molecule has 0 radical (unpaired) electrons. The van der Waals surface area contributed by atoms with E-state index in [9.17, 15) is 0 Å². The lowest BCUT2D eigenvalue weighted by Gasteiger charge is -2.33. The minimum Gasteiger partial charge on any atom is -0.396 e. The van der Waals surface area contributed by atoms with Crippen LogP contribution in [0.4, 0.5) is 0 Å². The van der Waals surface area contributed by atoms with E-state index in [0.29, 0.717) is 12.6 Å². The molecule has 1 saturated heterocycles. The molecule has 1 rings (SSSR count). The topological polar surface area (TPSA) is 23.5 Å². The second-order valence-corrected chi connectivity index (χ2v) is 3.56. The highest BCUT2D eigenvalue weighted by Gasteiger charge is 2.20. The number of nitrogens with zero attached hydrogens (tertiary/aromatic N) is 1. The summed E-state index contributed by atoms with van der Waals surface area (Å²) in [5, 5.41) is 8.90. The van der Waals surface area contributed by atoms with E-state index < -0.39 is 0 Å². The summed E-state index contributed by atoms with van der Waals surface area (Å²) in [6.07, 6.45) is 4.73. The molecule has 0 spiro atoms. The van der Waals surface area contributed by atoms with Crippen LogP contribution in [0.15, 0.2) is 0 Å². The van der Waals surface area contributed by atoms with E-state index in [-0.39, 0.29) is 0 Å². The summed E-state index contributed by atoms with van der Waals surface area (Å²) in [4.78, 5) is 2.40. The van der Waals surface area contributed by atoms with Crippen LogP contribution >= 0.6 is 0 Å². The second kappa shape index (κ2) is 6.01. The van der Waals surface area contributed by atoms with Crippen molar-refractivity contribution >= 4 is 0 Å². The Balaban J connectivity index is 2.39. The van der Waals surface area contributed by atoms with Gasteiger partial charge in [0, 0.05) is 12.6 Å². The fourth-order valence-corrected chi connectivity index (χ4v) is 1.92. The molecule has 2 heteroatoms. The molecule has 74 valence electrons. The van der Waals surface area contributed by atoms with Crippen LogP contribution in [0.1, 0.15) is 32.6 Å². The van der Waals surface area contributed by atoms with E-state index in [1.54, 1.807) is 0 Å². The molecule has 0 aromatic heterocycles. The normalized spacial score (nSPS) is 23.7. The van der Waals surface area contributed by atoms with Gasteiger partial charge < -0.3 is 5.11 Å². The first-order chi connectivity index (χ1) is 6.38. The van der Waals surface area contributed by atoms with Crippen LogP contribution in [0.25, 0.3) is 0 Å². The van der Waals surface area contributed by atoms with E-state index in [4.69, 9.17) is 5.11 Å². The minimum atomic E-state index is 0.306. The molecule has 1 aliphatic heterocycles. The van der Waals surface area contributed by atoms with Crippen molar-refractivity contribution in [2.24, 2.45) is 0 Å². The predicted octanol–water partition coefficient (Wildman–Crippen LogP) is 1.25. The zero-order valence-corrected chi connectivity index (χ0v) is 8.42. The third-order valence-corrected chi connectivity index (χ3v) is 2.67. The van der Waals surface area contributed by atoms with Crippen LogP contribution in [-0.4, -0.2) is 35.7 Å². The predicted molar refractivity (Wildman–Crippen MR) is 54.4 cm³/mol. The Bertz CT molecular complexity index is 190. The summed E-state index contributed by atoms with van der Waals surface area (Å²) in [5.41, 5.74) is 0. The van der Waals surface area contributed by atoms with E-state index in [1.807, 2.05) is 6.92 Å². The molecule has 13 heavy (non-hydrogen) atoms. The maximum atomic E-state index is 8.90. The molecule has 0 saturated carbocycles. The van der Waals surface area contributed by atoms with Crippen molar-refractivity contribution in [3.05, 3.63) is 0 Å². The molecule has 0 aromatic rings. The van der Waals surface area contributed by atoms with Crippen LogP contribution < -0.4 is 0 Å². The van der Waals surface area contributed by atoms with Gasteiger partial charge in [0.05, 0.1) is 6.54 Å². The third kappa shape index (κ3) is 3.38. The van der Waals surface area contributed by atoms with Crippen LogP contribution in [0.2, 0.25) is 0 Å². The average Bonchev–Trinajstić information content (AvgIpc) is 2.17. The maximum Gasteiger partial charge on any atom is 0.0603 e. The number of hydrogen-bond donors (Lipinski definition) is 1. The van der Waals surface area contributed by atoms with Crippen molar-refractivity contribution in [2.75, 3.05) is 19.7 Å². The molecular formula is C11H19NO. The molecule has 1 aliphatic rings. The average molecular weight is 181 g/mol. The van der Waals surface area contributed by atoms with Gasteiger partial charge in [-0.1, -0.05) is 12.3 Å². The van der Waals surface area contributed by atoms with Gasteiger partial charge in [0.1, 0.15) is 0 Å². The lowest BCUT2D eigenvalue weighted by Crippen LogP contribution is -2.40. The Morgan fingerprint density at radius 2 is 2.31 bits per heavy atom. The first kappa shape index (κ1) is 10.6. The molecule has 2 nitrogen and oxygen atoms in total. The smallest absolute Gasteiger partial charge is 0.0603 e. The molecule has 1 N–H and O–H groups in total. The van der Waals surface area contributed by atoms with Crippen molar-refractivity contribution in [1.82, 2.24) is 4.90 Å². The van der Waals surface area contributed by atoms with Crippen molar-refractivity contribution < 1.29 is 5.11 Å². The molecular weight excluding hydrogens is 162 g/mol. The minimum absolute atomic E-state index is 0.306. The molecule has 1 unspecified atom stereocenters.